The van der Waals surface area contributed by atoms with E-state index in [0.29, 0.717) is 17.9 Å². The second-order valence-electron chi connectivity index (χ2n) is 5.80. The average molecular weight is 327 g/mol. The standard InChI is InChI=1S/C14H18FN3O3S/c1-9-6-11-12(7-10(9)15)22(19,20)18-13(16-11)17-14(8-21-2)4-3-5-14/h6-7H,3-5,8H2,1-2H3,(H2,16,17,18). The third-order valence-electron chi connectivity index (χ3n) is 4.08. The maximum atomic E-state index is 13.6. The molecule has 6 nitrogen and oxygen atoms in total. The van der Waals surface area contributed by atoms with Crippen LogP contribution in [0.4, 0.5) is 10.1 Å². The van der Waals surface area contributed by atoms with Gasteiger partial charge in [-0.3, -0.25) is 0 Å². The zero-order valence-corrected chi connectivity index (χ0v) is 13.3. The van der Waals surface area contributed by atoms with E-state index in [1.54, 1.807) is 14.0 Å². The van der Waals surface area contributed by atoms with Crippen LogP contribution in [0.1, 0.15) is 24.8 Å². The predicted molar refractivity (Wildman–Crippen MR) is 81.0 cm³/mol. The Hall–Kier alpha value is -1.67. The minimum absolute atomic E-state index is 0.107. The van der Waals surface area contributed by atoms with Crippen molar-refractivity contribution in [3.05, 3.63) is 23.5 Å². The van der Waals surface area contributed by atoms with E-state index in [2.05, 4.69) is 15.0 Å². The highest BCUT2D eigenvalue weighted by atomic mass is 32.2. The van der Waals surface area contributed by atoms with Gasteiger partial charge >= 0.3 is 0 Å². The highest BCUT2D eigenvalue weighted by molar-refractivity contribution is 7.90. The zero-order valence-electron chi connectivity index (χ0n) is 12.4. The summed E-state index contributed by atoms with van der Waals surface area (Å²) in [6.45, 7) is 2.02. The quantitative estimate of drug-likeness (QED) is 0.886. The van der Waals surface area contributed by atoms with Crippen LogP contribution < -0.4 is 10.0 Å². The number of hydrogen-bond acceptors (Lipinski definition) is 4. The number of nitrogens with one attached hydrogen (secondary N) is 2. The first-order chi connectivity index (χ1) is 10.4. The van der Waals surface area contributed by atoms with Crippen molar-refractivity contribution in [2.75, 3.05) is 19.0 Å². The lowest BCUT2D eigenvalue weighted by Gasteiger charge is -2.38. The van der Waals surface area contributed by atoms with Gasteiger partial charge in [-0.05, 0) is 43.9 Å². The molecule has 1 saturated carbocycles. The molecule has 1 aliphatic heterocycles. The van der Waals surface area contributed by atoms with Crippen molar-refractivity contribution in [1.29, 1.82) is 0 Å². The van der Waals surface area contributed by atoms with Crippen LogP contribution in [0.25, 0.3) is 0 Å². The Morgan fingerprint density at radius 1 is 1.41 bits per heavy atom. The van der Waals surface area contributed by atoms with Crippen LogP contribution in [0.15, 0.2) is 22.0 Å². The summed E-state index contributed by atoms with van der Waals surface area (Å²) in [6, 6.07) is 2.49. The van der Waals surface area contributed by atoms with E-state index in [9.17, 15) is 12.8 Å². The Kier molecular flexibility index (Phi) is 3.60. The monoisotopic (exact) mass is 327 g/mol. The van der Waals surface area contributed by atoms with E-state index in [1.165, 1.54) is 6.07 Å². The van der Waals surface area contributed by atoms with Crippen molar-refractivity contribution < 1.29 is 17.5 Å². The van der Waals surface area contributed by atoms with Gasteiger partial charge in [-0.1, -0.05) is 0 Å². The van der Waals surface area contributed by atoms with Gasteiger partial charge in [0, 0.05) is 7.11 Å². The van der Waals surface area contributed by atoms with E-state index in [-0.39, 0.29) is 16.4 Å². The molecule has 0 bridgehead atoms. The lowest BCUT2D eigenvalue weighted by molar-refractivity contribution is 0.0863. The topological polar surface area (TPSA) is 79.8 Å². The molecular weight excluding hydrogens is 309 g/mol. The van der Waals surface area contributed by atoms with Gasteiger partial charge in [-0.15, -0.1) is 0 Å². The molecule has 0 unspecified atom stereocenters. The number of fused-ring (bicyclic) bond motifs is 1. The molecule has 1 heterocycles. The molecule has 1 aromatic carbocycles. The summed E-state index contributed by atoms with van der Waals surface area (Å²) >= 11 is 0. The third-order valence-corrected chi connectivity index (χ3v) is 5.46. The molecule has 1 aliphatic carbocycles. The number of guanidine groups is 1. The van der Waals surface area contributed by atoms with Crippen LogP contribution >= 0.6 is 0 Å². The second-order valence-corrected chi connectivity index (χ2v) is 7.45. The number of aryl methyl sites for hydroxylation is 1. The number of methoxy groups -OCH3 is 1. The second kappa shape index (κ2) is 5.20. The first-order valence-corrected chi connectivity index (χ1v) is 8.52. The van der Waals surface area contributed by atoms with Gasteiger partial charge in [0.25, 0.3) is 10.0 Å². The minimum Gasteiger partial charge on any atom is -0.382 e. The average Bonchev–Trinajstić information content (AvgIpc) is 2.38. The Labute approximate surface area is 128 Å². The molecule has 120 valence electrons. The maximum absolute atomic E-state index is 13.6. The first-order valence-electron chi connectivity index (χ1n) is 7.04. The fourth-order valence-electron chi connectivity index (χ4n) is 2.75. The van der Waals surface area contributed by atoms with Gasteiger partial charge in [0.05, 0.1) is 17.8 Å². The van der Waals surface area contributed by atoms with E-state index in [1.807, 2.05) is 0 Å². The lowest BCUT2D eigenvalue weighted by atomic mass is 9.78. The molecule has 2 aliphatic rings. The SMILES string of the molecule is COCC1(N=C2Nc3cc(C)c(F)cc3S(=O)(=O)N2)CCC1. The molecule has 3 rings (SSSR count). The molecule has 0 aromatic heterocycles. The van der Waals surface area contributed by atoms with Crippen LogP contribution in [-0.2, 0) is 14.8 Å². The molecule has 2 N–H and O–H groups in total. The van der Waals surface area contributed by atoms with E-state index in [4.69, 9.17) is 4.74 Å². The zero-order chi connectivity index (χ0) is 16.0. The van der Waals surface area contributed by atoms with Gasteiger partial charge in [-0.25, -0.2) is 22.5 Å². The number of nitrogens with zero attached hydrogens (tertiary/aromatic N) is 1. The van der Waals surface area contributed by atoms with Crippen molar-refractivity contribution in [2.45, 2.75) is 36.6 Å². The number of halogens is 1. The highest BCUT2D eigenvalue weighted by Crippen LogP contribution is 2.37. The van der Waals surface area contributed by atoms with Crippen molar-refractivity contribution in [2.24, 2.45) is 4.99 Å². The van der Waals surface area contributed by atoms with Crippen LogP contribution in [-0.4, -0.2) is 33.6 Å². The van der Waals surface area contributed by atoms with Crippen LogP contribution in [0.3, 0.4) is 0 Å². The highest BCUT2D eigenvalue weighted by Gasteiger charge is 2.39. The van der Waals surface area contributed by atoms with Gasteiger partial charge in [0.15, 0.2) is 0 Å². The number of sulfonamides is 1. The first kappa shape index (κ1) is 15.2. The molecule has 0 saturated heterocycles. The fourth-order valence-corrected chi connectivity index (χ4v) is 3.87. The fraction of sp³-hybridized carbons (Fsp3) is 0.500. The summed E-state index contributed by atoms with van der Waals surface area (Å²) in [6.07, 6.45) is 2.74. The summed E-state index contributed by atoms with van der Waals surface area (Å²) in [5.74, 6) is -0.392. The Morgan fingerprint density at radius 3 is 2.73 bits per heavy atom. The van der Waals surface area contributed by atoms with Gasteiger partial charge in [0.1, 0.15) is 10.7 Å². The van der Waals surface area contributed by atoms with Gasteiger partial charge < -0.3 is 10.1 Å². The van der Waals surface area contributed by atoms with E-state index >= 15 is 0 Å². The number of rotatable bonds is 3. The summed E-state index contributed by atoms with van der Waals surface area (Å²) in [7, 11) is -2.23. The Bertz CT molecular complexity index is 742. The van der Waals surface area contributed by atoms with Crippen LogP contribution in [0.5, 0.6) is 0 Å². The molecule has 0 radical (unpaired) electrons. The molecule has 0 spiro atoms. The third kappa shape index (κ3) is 2.56. The van der Waals surface area contributed by atoms with Gasteiger partial charge in [0.2, 0.25) is 5.96 Å². The van der Waals surface area contributed by atoms with Gasteiger partial charge in [-0.2, -0.15) is 0 Å². The van der Waals surface area contributed by atoms with Crippen LogP contribution in [0.2, 0.25) is 0 Å². The molecular formula is C14H18FN3O3S. The number of hydrogen-bond donors (Lipinski definition) is 2. The van der Waals surface area contributed by atoms with Crippen molar-refractivity contribution in [1.82, 2.24) is 4.72 Å². The number of aliphatic imine (C=N–C) groups is 1. The molecule has 1 aromatic rings. The summed E-state index contributed by atoms with van der Waals surface area (Å²) in [5.41, 5.74) is 0.327. The summed E-state index contributed by atoms with van der Waals surface area (Å²) in [4.78, 5) is 4.40. The van der Waals surface area contributed by atoms with Crippen molar-refractivity contribution in [3.8, 4) is 0 Å². The molecule has 8 heteroatoms. The number of benzene rings is 1. The summed E-state index contributed by atoms with van der Waals surface area (Å²) in [5, 5.41) is 2.94. The Balaban J connectivity index is 2.00. The van der Waals surface area contributed by atoms with E-state index in [0.717, 1.165) is 25.3 Å². The smallest absolute Gasteiger partial charge is 0.266 e. The van der Waals surface area contributed by atoms with Crippen molar-refractivity contribution >= 4 is 21.7 Å². The molecule has 22 heavy (non-hydrogen) atoms. The largest absolute Gasteiger partial charge is 0.382 e. The lowest BCUT2D eigenvalue weighted by Crippen LogP contribution is -2.47. The van der Waals surface area contributed by atoms with Crippen LogP contribution in [0, 0.1) is 12.7 Å². The molecule has 1 fully saturated rings. The van der Waals surface area contributed by atoms with E-state index < -0.39 is 15.8 Å². The number of ether oxygens (including phenoxy) is 1. The Morgan fingerprint density at radius 2 is 2.14 bits per heavy atom. The predicted octanol–water partition coefficient (Wildman–Crippen LogP) is 1.76. The normalized spacial score (nSPS) is 23.1. The van der Waals surface area contributed by atoms with Crippen molar-refractivity contribution in [3.63, 3.8) is 0 Å². The minimum atomic E-state index is -3.83. The number of anilines is 1. The maximum Gasteiger partial charge on any atom is 0.266 e. The molecule has 0 atom stereocenters. The summed E-state index contributed by atoms with van der Waals surface area (Å²) < 4.78 is 45.7. The molecule has 0 amide bonds.